The number of rotatable bonds is 5. The van der Waals surface area contributed by atoms with Gasteiger partial charge in [0.1, 0.15) is 6.04 Å². The third kappa shape index (κ3) is 4.98. The van der Waals surface area contributed by atoms with Gasteiger partial charge in [-0.05, 0) is 42.0 Å². The zero-order chi connectivity index (χ0) is 21.0. The summed E-state index contributed by atoms with van der Waals surface area (Å²) in [6, 6.07) is 12.5. The predicted molar refractivity (Wildman–Crippen MR) is 120 cm³/mol. The highest BCUT2D eigenvalue weighted by Gasteiger charge is 2.32. The second kappa shape index (κ2) is 8.98. The number of benzene rings is 1. The van der Waals surface area contributed by atoms with Gasteiger partial charge in [-0.15, -0.1) is 0 Å². The molecule has 0 N–H and O–H groups in total. The van der Waals surface area contributed by atoms with Crippen molar-refractivity contribution in [3.8, 4) is 0 Å². The Labute approximate surface area is 175 Å². The Morgan fingerprint density at radius 2 is 1.69 bits per heavy atom. The second-order valence-electron chi connectivity index (χ2n) is 9.34. The van der Waals surface area contributed by atoms with Crippen LogP contribution in [0.3, 0.4) is 0 Å². The van der Waals surface area contributed by atoms with Crippen molar-refractivity contribution in [3.63, 3.8) is 0 Å². The monoisotopic (exact) mass is 393 g/mol. The molecule has 1 aromatic carbocycles. The molecule has 29 heavy (non-hydrogen) atoms. The lowest BCUT2D eigenvalue weighted by Gasteiger charge is -2.37. The predicted octanol–water partition coefficient (Wildman–Crippen LogP) is 5.35. The molecule has 1 aliphatic rings. The molecular formula is C25H35N3O. The smallest absolute Gasteiger partial charge is 0.249 e. The Hall–Kier alpha value is -2.36. The molecule has 4 nitrogen and oxygen atoms in total. The van der Waals surface area contributed by atoms with Crippen molar-refractivity contribution < 1.29 is 4.79 Å². The molecule has 0 saturated heterocycles. The van der Waals surface area contributed by atoms with E-state index in [1.807, 2.05) is 37.3 Å². The Morgan fingerprint density at radius 3 is 2.24 bits per heavy atom. The van der Waals surface area contributed by atoms with E-state index in [2.05, 4.69) is 54.9 Å². The maximum Gasteiger partial charge on any atom is 0.249 e. The minimum Gasteiger partial charge on any atom is -0.359 e. The third-order valence-corrected chi connectivity index (χ3v) is 6.23. The maximum absolute atomic E-state index is 13.6. The Kier molecular flexibility index (Phi) is 6.61. The highest BCUT2D eigenvalue weighted by Crippen LogP contribution is 2.31. The van der Waals surface area contributed by atoms with Crippen molar-refractivity contribution in [1.82, 2.24) is 9.88 Å². The van der Waals surface area contributed by atoms with Crippen molar-refractivity contribution in [2.45, 2.75) is 70.4 Å². The topological polar surface area (TPSA) is 36.4 Å². The van der Waals surface area contributed by atoms with Gasteiger partial charge in [0.05, 0.1) is 0 Å². The number of anilines is 1. The average Bonchev–Trinajstić information content (AvgIpc) is 2.74. The number of hydrogen-bond acceptors (Lipinski definition) is 3. The Bertz CT molecular complexity index is 789. The molecule has 4 heteroatoms. The van der Waals surface area contributed by atoms with Gasteiger partial charge >= 0.3 is 0 Å². The van der Waals surface area contributed by atoms with Crippen molar-refractivity contribution in [2.75, 3.05) is 19.0 Å². The fourth-order valence-electron chi connectivity index (χ4n) is 4.26. The molecule has 3 rings (SSSR count). The second-order valence-corrected chi connectivity index (χ2v) is 9.34. The van der Waals surface area contributed by atoms with Gasteiger partial charge in [-0.25, -0.2) is 0 Å². The van der Waals surface area contributed by atoms with E-state index in [0.29, 0.717) is 6.04 Å². The molecule has 1 unspecified atom stereocenters. The van der Waals surface area contributed by atoms with Crippen LogP contribution in [0.2, 0.25) is 0 Å². The molecule has 156 valence electrons. The van der Waals surface area contributed by atoms with Crippen LogP contribution in [0.15, 0.2) is 48.8 Å². The summed E-state index contributed by atoms with van der Waals surface area (Å²) in [5.74, 6) is 0.146. The van der Waals surface area contributed by atoms with Gasteiger partial charge in [0.15, 0.2) is 0 Å². The van der Waals surface area contributed by atoms with Gasteiger partial charge in [-0.1, -0.05) is 58.2 Å². The van der Waals surface area contributed by atoms with Crippen LogP contribution in [-0.2, 0) is 10.2 Å². The largest absolute Gasteiger partial charge is 0.359 e. The average molecular weight is 394 g/mol. The number of carbonyl (C=O) groups is 1. The molecule has 2 aromatic rings. The van der Waals surface area contributed by atoms with Crippen molar-refractivity contribution in [1.29, 1.82) is 0 Å². The fourth-order valence-corrected chi connectivity index (χ4v) is 4.26. The van der Waals surface area contributed by atoms with Gasteiger partial charge in [0.2, 0.25) is 5.91 Å². The number of hydrogen-bond donors (Lipinski definition) is 0. The number of aromatic nitrogens is 1. The van der Waals surface area contributed by atoms with E-state index >= 15 is 0 Å². The van der Waals surface area contributed by atoms with Crippen molar-refractivity contribution in [2.24, 2.45) is 0 Å². The van der Waals surface area contributed by atoms with Crippen LogP contribution in [0.4, 0.5) is 5.69 Å². The summed E-state index contributed by atoms with van der Waals surface area (Å²) in [5.41, 5.74) is 3.37. The quantitative estimate of drug-likeness (QED) is 0.687. The van der Waals surface area contributed by atoms with E-state index in [1.165, 1.54) is 24.8 Å². The van der Waals surface area contributed by atoms with E-state index in [4.69, 9.17) is 0 Å². The minimum absolute atomic E-state index is 0.108. The van der Waals surface area contributed by atoms with Gasteiger partial charge in [-0.3, -0.25) is 9.78 Å². The lowest BCUT2D eigenvalue weighted by atomic mass is 9.87. The standard InChI is InChI=1S/C25H35N3O/c1-25(2,3)20-13-15-22(16-14-20)27(4)23(19-10-9-17-26-18-19)24(29)28(5)21-11-7-6-8-12-21/h9-10,13-18,21,23H,6-8,11-12H2,1-5H3. The molecule has 0 spiro atoms. The van der Waals surface area contributed by atoms with E-state index in [-0.39, 0.29) is 17.4 Å². The molecule has 1 aliphatic carbocycles. The SMILES string of the molecule is CN(C(=O)C(c1cccnc1)N(C)c1ccc(C(C)(C)C)cc1)C1CCCCC1. The summed E-state index contributed by atoms with van der Waals surface area (Å²) in [6.45, 7) is 6.65. The summed E-state index contributed by atoms with van der Waals surface area (Å²) in [4.78, 5) is 22.0. The summed E-state index contributed by atoms with van der Waals surface area (Å²) in [6.07, 6.45) is 9.49. The van der Waals surface area contributed by atoms with Crippen LogP contribution in [-0.4, -0.2) is 35.9 Å². The van der Waals surface area contributed by atoms with E-state index in [1.54, 1.807) is 6.20 Å². The van der Waals surface area contributed by atoms with Crippen LogP contribution in [0.25, 0.3) is 0 Å². The van der Waals surface area contributed by atoms with Crippen LogP contribution in [0, 0.1) is 0 Å². The number of amides is 1. The Balaban J connectivity index is 1.90. The number of pyridine rings is 1. The molecule has 1 amide bonds. The molecule has 1 fully saturated rings. The number of likely N-dealkylation sites (N-methyl/N-ethyl adjacent to an activating group) is 2. The lowest BCUT2D eigenvalue weighted by Crippen LogP contribution is -2.45. The molecule has 0 radical (unpaired) electrons. The highest BCUT2D eigenvalue weighted by atomic mass is 16.2. The normalized spacial score (nSPS) is 16.3. The van der Waals surface area contributed by atoms with Gasteiger partial charge in [0.25, 0.3) is 0 Å². The first-order valence-electron chi connectivity index (χ1n) is 10.8. The van der Waals surface area contributed by atoms with Crippen LogP contribution < -0.4 is 4.90 Å². The third-order valence-electron chi connectivity index (χ3n) is 6.23. The van der Waals surface area contributed by atoms with Crippen molar-refractivity contribution in [3.05, 3.63) is 59.9 Å². The number of nitrogens with zero attached hydrogens (tertiary/aromatic N) is 3. The minimum atomic E-state index is -0.379. The molecule has 1 saturated carbocycles. The fraction of sp³-hybridized carbons (Fsp3) is 0.520. The van der Waals surface area contributed by atoms with Crippen LogP contribution in [0.5, 0.6) is 0 Å². The molecule has 0 aliphatic heterocycles. The first kappa shape index (κ1) is 21.4. The van der Waals surface area contributed by atoms with Gasteiger partial charge in [-0.2, -0.15) is 0 Å². The summed E-state index contributed by atoms with van der Waals surface area (Å²) in [5, 5.41) is 0. The molecular weight excluding hydrogens is 358 g/mol. The molecule has 1 heterocycles. The Morgan fingerprint density at radius 1 is 1.03 bits per heavy atom. The van der Waals surface area contributed by atoms with Crippen LogP contribution in [0.1, 0.15) is 70.0 Å². The van der Waals surface area contributed by atoms with E-state index < -0.39 is 0 Å². The highest BCUT2D eigenvalue weighted by molar-refractivity contribution is 5.86. The zero-order valence-electron chi connectivity index (χ0n) is 18.6. The van der Waals surface area contributed by atoms with E-state index in [9.17, 15) is 4.79 Å². The number of carbonyl (C=O) groups excluding carboxylic acids is 1. The molecule has 0 bridgehead atoms. The van der Waals surface area contributed by atoms with Gasteiger partial charge in [0, 0.05) is 43.8 Å². The van der Waals surface area contributed by atoms with Crippen molar-refractivity contribution >= 4 is 11.6 Å². The van der Waals surface area contributed by atoms with Crippen LogP contribution >= 0.6 is 0 Å². The van der Waals surface area contributed by atoms with Gasteiger partial charge < -0.3 is 9.80 Å². The zero-order valence-corrected chi connectivity index (χ0v) is 18.6. The summed E-state index contributed by atoms with van der Waals surface area (Å²) >= 11 is 0. The molecule has 1 atom stereocenters. The lowest BCUT2D eigenvalue weighted by molar-refractivity contribution is -0.134. The first-order chi connectivity index (χ1) is 13.8. The first-order valence-corrected chi connectivity index (χ1v) is 10.8. The molecule has 1 aromatic heterocycles. The maximum atomic E-state index is 13.6. The summed E-state index contributed by atoms with van der Waals surface area (Å²) < 4.78 is 0. The van der Waals surface area contributed by atoms with E-state index in [0.717, 1.165) is 24.1 Å². The summed E-state index contributed by atoms with van der Waals surface area (Å²) in [7, 11) is 3.98.